The fourth-order valence-corrected chi connectivity index (χ4v) is 5.74. The number of phenolic OH excluding ortho intramolecular Hbond substituents is 1. The van der Waals surface area contributed by atoms with Gasteiger partial charge in [0.05, 0.1) is 7.11 Å². The lowest BCUT2D eigenvalue weighted by Crippen LogP contribution is -2.56. The molecule has 2 aromatic carbocycles. The topological polar surface area (TPSA) is 76.1 Å². The van der Waals surface area contributed by atoms with E-state index in [0.29, 0.717) is 29.9 Å². The van der Waals surface area contributed by atoms with Gasteiger partial charge in [-0.3, -0.25) is 9.59 Å². The van der Waals surface area contributed by atoms with Crippen LogP contribution in [-0.2, 0) is 16.0 Å². The Balaban J connectivity index is 1.76. The first kappa shape index (κ1) is 21.6. The Bertz CT molecular complexity index is 1110. The lowest BCUT2D eigenvalue weighted by Gasteiger charge is -2.42. The maximum Gasteiger partial charge on any atom is 0.292 e. The van der Waals surface area contributed by atoms with Crippen LogP contribution >= 0.6 is 11.8 Å². The molecule has 0 bridgehead atoms. The van der Waals surface area contributed by atoms with Crippen molar-refractivity contribution in [2.45, 2.75) is 57.9 Å². The van der Waals surface area contributed by atoms with E-state index in [-0.39, 0.29) is 16.9 Å². The lowest BCUT2D eigenvalue weighted by molar-refractivity contribution is -0.145. The molecule has 2 amide bonds. The summed E-state index contributed by atoms with van der Waals surface area (Å²) >= 11 is 0.991. The zero-order valence-corrected chi connectivity index (χ0v) is 19.5. The number of fused-ring (bicyclic) bond motifs is 1. The summed E-state index contributed by atoms with van der Waals surface area (Å²) in [6.45, 7) is 9.15. The van der Waals surface area contributed by atoms with Crippen LogP contribution in [0.25, 0.3) is 0 Å². The molecule has 2 aromatic rings. The molecule has 0 radical (unpaired) electrons. The number of carbonyl (C=O) groups excluding carboxylic acids is 2. The van der Waals surface area contributed by atoms with Crippen molar-refractivity contribution in [2.24, 2.45) is 0 Å². The summed E-state index contributed by atoms with van der Waals surface area (Å²) in [6, 6.07) is 7.28. The minimum absolute atomic E-state index is 0.274. The molecular weight excluding hydrogens is 414 g/mol. The molecule has 6 nitrogen and oxygen atoms in total. The molecule has 0 saturated carbocycles. The third-order valence-electron chi connectivity index (χ3n) is 6.68. The van der Waals surface area contributed by atoms with Crippen LogP contribution in [0.5, 0.6) is 17.2 Å². The van der Waals surface area contributed by atoms with Crippen molar-refractivity contribution in [1.82, 2.24) is 4.90 Å². The summed E-state index contributed by atoms with van der Waals surface area (Å²) in [6.07, 6.45) is 1.04. The Hall–Kier alpha value is -2.67. The molecule has 1 N–H and O–H groups in total. The van der Waals surface area contributed by atoms with Crippen molar-refractivity contribution in [2.75, 3.05) is 7.11 Å². The zero-order chi connectivity index (χ0) is 22.7. The number of nitrogens with zero attached hydrogens (tertiary/aromatic N) is 1. The highest BCUT2D eigenvalue weighted by molar-refractivity contribution is 8.15. The second kappa shape index (κ2) is 7.19. The van der Waals surface area contributed by atoms with Crippen LogP contribution < -0.4 is 9.47 Å². The first-order chi connectivity index (χ1) is 14.5. The number of hydrogen-bond acceptors (Lipinski definition) is 6. The highest BCUT2D eigenvalue weighted by Crippen LogP contribution is 2.52. The van der Waals surface area contributed by atoms with E-state index in [1.54, 1.807) is 27.0 Å². The van der Waals surface area contributed by atoms with Gasteiger partial charge in [-0.25, -0.2) is 4.90 Å². The summed E-state index contributed by atoms with van der Waals surface area (Å²) in [5.41, 5.74) is 2.82. The van der Waals surface area contributed by atoms with Crippen LogP contribution in [0.4, 0.5) is 4.79 Å². The molecule has 0 aromatic heterocycles. The van der Waals surface area contributed by atoms with Crippen molar-refractivity contribution in [3.63, 3.8) is 0 Å². The molecular formula is C24H27NO5S. The van der Waals surface area contributed by atoms with Gasteiger partial charge in [0.2, 0.25) is 0 Å². The number of ether oxygens (including phenoxy) is 2. The van der Waals surface area contributed by atoms with Gasteiger partial charge in [0, 0.05) is 17.5 Å². The second-order valence-electron chi connectivity index (χ2n) is 8.55. The van der Waals surface area contributed by atoms with E-state index in [1.807, 2.05) is 39.0 Å². The Morgan fingerprint density at radius 2 is 1.77 bits per heavy atom. The normalized spacial score (nSPS) is 25.4. The van der Waals surface area contributed by atoms with Crippen molar-refractivity contribution >= 4 is 22.9 Å². The molecule has 164 valence electrons. The highest BCUT2D eigenvalue weighted by Gasteiger charge is 2.58. The minimum atomic E-state index is -1.12. The van der Waals surface area contributed by atoms with Crippen LogP contribution in [0.2, 0.25) is 0 Å². The molecule has 1 fully saturated rings. The van der Waals surface area contributed by atoms with E-state index in [9.17, 15) is 14.7 Å². The van der Waals surface area contributed by atoms with Gasteiger partial charge in [0.25, 0.3) is 11.1 Å². The number of hydrogen-bond donors (Lipinski definition) is 1. The Labute approximate surface area is 186 Å². The summed E-state index contributed by atoms with van der Waals surface area (Å²) in [5, 5.41) is 10.1. The molecule has 31 heavy (non-hydrogen) atoms. The second-order valence-corrected chi connectivity index (χ2v) is 9.92. The number of imide groups is 1. The van der Waals surface area contributed by atoms with Gasteiger partial charge in [-0.15, -0.1) is 0 Å². The number of thioether (sulfide) groups is 1. The Morgan fingerprint density at radius 1 is 1.10 bits per heavy atom. The van der Waals surface area contributed by atoms with Gasteiger partial charge in [0.1, 0.15) is 22.0 Å². The van der Waals surface area contributed by atoms with Crippen molar-refractivity contribution in [3.8, 4) is 17.2 Å². The Morgan fingerprint density at radius 3 is 2.45 bits per heavy atom. The van der Waals surface area contributed by atoms with E-state index >= 15 is 0 Å². The molecule has 2 aliphatic rings. The maximum atomic E-state index is 13.7. The third-order valence-corrected chi connectivity index (χ3v) is 7.84. The zero-order valence-electron chi connectivity index (χ0n) is 18.7. The number of rotatable bonds is 3. The van der Waals surface area contributed by atoms with Crippen molar-refractivity contribution in [3.05, 3.63) is 52.1 Å². The SMILES string of the molecule is COc1ccccc1C1(C)SC(=O)N(C2(C)CCc3c(C)c(O)c(C)c(C)c3O2)C1=O. The first-order valence-corrected chi connectivity index (χ1v) is 11.1. The fourth-order valence-electron chi connectivity index (χ4n) is 4.57. The average Bonchev–Trinajstić information content (AvgIpc) is 3.00. The number of methoxy groups -OCH3 is 1. The molecule has 2 heterocycles. The van der Waals surface area contributed by atoms with Gasteiger partial charge < -0.3 is 14.6 Å². The molecule has 7 heteroatoms. The number of aromatic hydroxyl groups is 1. The molecule has 2 unspecified atom stereocenters. The number of amides is 2. The summed E-state index contributed by atoms with van der Waals surface area (Å²) in [7, 11) is 1.55. The monoisotopic (exact) mass is 441 g/mol. The third kappa shape index (κ3) is 3.01. The van der Waals surface area contributed by atoms with Crippen LogP contribution in [0.15, 0.2) is 24.3 Å². The Kier molecular flexibility index (Phi) is 5.00. The van der Waals surface area contributed by atoms with Crippen LogP contribution in [0.3, 0.4) is 0 Å². The van der Waals surface area contributed by atoms with Crippen LogP contribution in [0.1, 0.15) is 48.1 Å². The first-order valence-electron chi connectivity index (χ1n) is 10.3. The smallest absolute Gasteiger partial charge is 0.292 e. The molecule has 0 spiro atoms. The van der Waals surface area contributed by atoms with E-state index in [0.717, 1.165) is 34.0 Å². The molecule has 0 aliphatic carbocycles. The fraction of sp³-hybridized carbons (Fsp3) is 0.417. The lowest BCUT2D eigenvalue weighted by atomic mass is 9.89. The maximum absolute atomic E-state index is 13.7. The van der Waals surface area contributed by atoms with Crippen LogP contribution in [0, 0.1) is 20.8 Å². The summed E-state index contributed by atoms with van der Waals surface area (Å²) < 4.78 is 10.8. The standard InChI is InChI=1S/C24H27NO5S/c1-13-14(2)20-16(15(3)19(13)26)11-12-23(4,30-20)25-21(27)24(5,31-22(25)28)17-9-7-8-10-18(17)29-6/h7-10,26H,11-12H2,1-6H3. The van der Waals surface area contributed by atoms with E-state index in [4.69, 9.17) is 9.47 Å². The van der Waals surface area contributed by atoms with E-state index < -0.39 is 10.5 Å². The molecule has 2 atom stereocenters. The van der Waals surface area contributed by atoms with Gasteiger partial charge in [-0.2, -0.15) is 0 Å². The molecule has 2 aliphatic heterocycles. The molecule has 1 saturated heterocycles. The predicted octanol–water partition coefficient (Wildman–Crippen LogP) is 4.98. The van der Waals surface area contributed by atoms with Crippen molar-refractivity contribution < 1.29 is 24.2 Å². The number of phenols is 1. The largest absolute Gasteiger partial charge is 0.507 e. The predicted molar refractivity (Wildman–Crippen MR) is 120 cm³/mol. The van der Waals surface area contributed by atoms with Gasteiger partial charge in [0.15, 0.2) is 5.72 Å². The van der Waals surface area contributed by atoms with E-state index in [2.05, 4.69) is 0 Å². The van der Waals surface area contributed by atoms with Gasteiger partial charge in [-0.05, 0) is 75.6 Å². The number of carbonyl (C=O) groups is 2. The number of benzene rings is 2. The van der Waals surface area contributed by atoms with Gasteiger partial charge >= 0.3 is 0 Å². The quantitative estimate of drug-likeness (QED) is 0.724. The average molecular weight is 442 g/mol. The van der Waals surface area contributed by atoms with Gasteiger partial charge in [-0.1, -0.05) is 18.2 Å². The summed E-state index contributed by atoms with van der Waals surface area (Å²) in [4.78, 5) is 28.1. The van der Waals surface area contributed by atoms with E-state index in [1.165, 1.54) is 4.90 Å². The van der Waals surface area contributed by atoms with Crippen molar-refractivity contribution in [1.29, 1.82) is 0 Å². The minimum Gasteiger partial charge on any atom is -0.507 e. The van der Waals surface area contributed by atoms with Crippen LogP contribution in [-0.4, -0.2) is 34.0 Å². The summed E-state index contributed by atoms with van der Waals surface area (Å²) in [5.74, 6) is 1.18. The number of para-hydroxylation sites is 1. The molecule has 4 rings (SSSR count). The highest BCUT2D eigenvalue weighted by atomic mass is 32.2.